The molecule has 4 heterocycles. The molecule has 3 N–H and O–H groups in total. The average Bonchev–Trinajstić information content (AvgIpc) is 3.48. The maximum Gasteiger partial charge on any atom is 0.261 e. The van der Waals surface area contributed by atoms with Gasteiger partial charge in [-0.1, -0.05) is 18.2 Å². The maximum absolute atomic E-state index is 11.8. The van der Waals surface area contributed by atoms with E-state index in [1.165, 1.54) is 7.05 Å². The number of nitrogens with one attached hydrogen (secondary N) is 3. The lowest BCUT2D eigenvalue weighted by Gasteiger charge is -2.06. The summed E-state index contributed by atoms with van der Waals surface area (Å²) < 4.78 is 0. The van der Waals surface area contributed by atoms with E-state index in [2.05, 4.69) is 31.3 Å². The van der Waals surface area contributed by atoms with Crippen LogP contribution in [0.4, 0.5) is 0 Å². The Morgan fingerprint density at radius 1 is 1.03 bits per heavy atom. The molecule has 0 aliphatic heterocycles. The lowest BCUT2D eigenvalue weighted by atomic mass is 10.00. The second kappa shape index (κ2) is 7.85. The highest BCUT2D eigenvalue weighted by Gasteiger charge is 2.13. The van der Waals surface area contributed by atoms with Crippen molar-refractivity contribution in [2.45, 2.75) is 0 Å². The molecule has 0 saturated heterocycles. The van der Waals surface area contributed by atoms with Gasteiger partial charge >= 0.3 is 0 Å². The lowest BCUT2D eigenvalue weighted by Crippen LogP contribution is -2.19. The largest absolute Gasteiger partial charge is 0.354 e. The van der Waals surface area contributed by atoms with Crippen molar-refractivity contribution < 1.29 is 4.79 Å². The number of nitrogens with zero attached hydrogens (tertiary/aromatic N) is 3. The van der Waals surface area contributed by atoms with Crippen molar-refractivity contribution in [3.8, 4) is 28.3 Å². The van der Waals surface area contributed by atoms with Crippen molar-refractivity contribution in [3.05, 3.63) is 78.4 Å². The molecule has 4 aromatic heterocycles. The smallest absolute Gasteiger partial charge is 0.261 e. The number of aromatic amines is 2. The molecular weight excluding hydrogens is 400 g/mol. The Balaban J connectivity index is 1.60. The summed E-state index contributed by atoms with van der Waals surface area (Å²) in [6.07, 6.45) is 9.03. The van der Waals surface area contributed by atoms with Gasteiger partial charge in [-0.05, 0) is 47.0 Å². The number of pyridine rings is 2. The van der Waals surface area contributed by atoms with E-state index in [1.807, 2.05) is 61.1 Å². The Labute approximate surface area is 183 Å². The zero-order chi connectivity index (χ0) is 22.1. The molecule has 32 heavy (non-hydrogen) atoms. The van der Waals surface area contributed by atoms with Gasteiger partial charge in [-0.2, -0.15) is 5.26 Å². The lowest BCUT2D eigenvalue weighted by molar-refractivity contribution is -0.116. The normalized spacial score (nSPS) is 11.6. The van der Waals surface area contributed by atoms with E-state index < -0.39 is 5.91 Å². The number of benzene rings is 1. The predicted molar refractivity (Wildman–Crippen MR) is 124 cm³/mol. The molecule has 5 aromatic rings. The van der Waals surface area contributed by atoms with Gasteiger partial charge in [0.15, 0.2) is 0 Å². The van der Waals surface area contributed by atoms with Crippen molar-refractivity contribution in [2.24, 2.45) is 0 Å². The SMILES string of the molecule is CNC(=O)C(C#N)=Cc1cccc(-c2cnc3[nH]cc(-c4ccnc5[nH]ccc45)c3c2)c1. The Bertz CT molecular complexity index is 1550. The van der Waals surface area contributed by atoms with E-state index in [4.69, 9.17) is 0 Å². The van der Waals surface area contributed by atoms with Crippen LogP contribution in [0.3, 0.4) is 0 Å². The summed E-state index contributed by atoms with van der Waals surface area (Å²) in [7, 11) is 1.50. The average molecular weight is 418 g/mol. The van der Waals surface area contributed by atoms with Gasteiger partial charge in [0, 0.05) is 53.7 Å². The van der Waals surface area contributed by atoms with E-state index in [0.29, 0.717) is 0 Å². The Morgan fingerprint density at radius 2 is 1.91 bits per heavy atom. The standard InChI is InChI=1S/C25H18N6O/c1-27-25(32)17(12-26)10-15-3-2-4-16(9-15)18-11-21-22(14-31-24(21)30-13-18)19-5-7-28-23-20(19)6-8-29-23/h2-11,13-14H,1H3,(H,27,32)(H,28,29)(H,30,31). The second-order valence-electron chi connectivity index (χ2n) is 7.30. The number of hydrogen-bond donors (Lipinski definition) is 3. The van der Waals surface area contributed by atoms with Crippen LogP contribution in [0.15, 0.2) is 72.8 Å². The molecule has 154 valence electrons. The summed E-state index contributed by atoms with van der Waals surface area (Å²) >= 11 is 0. The zero-order valence-electron chi connectivity index (χ0n) is 17.2. The molecule has 0 fully saturated rings. The van der Waals surface area contributed by atoms with Crippen LogP contribution in [0.5, 0.6) is 0 Å². The summed E-state index contributed by atoms with van der Waals surface area (Å²) in [5.74, 6) is -0.411. The number of H-pyrrole nitrogens is 2. The highest BCUT2D eigenvalue weighted by Crippen LogP contribution is 2.34. The minimum Gasteiger partial charge on any atom is -0.354 e. The molecule has 7 heteroatoms. The number of nitriles is 1. The first-order valence-electron chi connectivity index (χ1n) is 10.0. The minimum atomic E-state index is -0.411. The Morgan fingerprint density at radius 3 is 2.75 bits per heavy atom. The van der Waals surface area contributed by atoms with Gasteiger partial charge in [-0.25, -0.2) is 9.97 Å². The number of hydrogen-bond acceptors (Lipinski definition) is 4. The van der Waals surface area contributed by atoms with Crippen molar-refractivity contribution in [1.82, 2.24) is 25.3 Å². The zero-order valence-corrected chi connectivity index (χ0v) is 17.2. The first kappa shape index (κ1) is 19.3. The summed E-state index contributed by atoms with van der Waals surface area (Å²) in [5.41, 5.74) is 6.45. The maximum atomic E-state index is 11.8. The van der Waals surface area contributed by atoms with E-state index in [1.54, 1.807) is 12.3 Å². The van der Waals surface area contributed by atoms with E-state index in [-0.39, 0.29) is 5.57 Å². The first-order valence-corrected chi connectivity index (χ1v) is 10.0. The second-order valence-corrected chi connectivity index (χ2v) is 7.30. The summed E-state index contributed by atoms with van der Waals surface area (Å²) in [6.45, 7) is 0. The molecule has 0 aliphatic rings. The number of likely N-dealkylation sites (N-methyl/N-ethyl adjacent to an activating group) is 1. The fourth-order valence-corrected chi connectivity index (χ4v) is 3.84. The summed E-state index contributed by atoms with van der Waals surface area (Å²) in [4.78, 5) is 27.2. The first-order chi connectivity index (χ1) is 15.7. The predicted octanol–water partition coefficient (Wildman–Crippen LogP) is 4.43. The molecule has 1 amide bonds. The van der Waals surface area contributed by atoms with Gasteiger partial charge in [0.1, 0.15) is 22.9 Å². The molecule has 0 saturated carbocycles. The number of fused-ring (bicyclic) bond motifs is 2. The number of carbonyl (C=O) groups excluding carboxylic acids is 1. The summed E-state index contributed by atoms with van der Waals surface area (Å²) in [5, 5.41) is 13.8. The van der Waals surface area contributed by atoms with E-state index >= 15 is 0 Å². The van der Waals surface area contributed by atoms with Gasteiger partial charge in [0.2, 0.25) is 0 Å². The molecule has 0 bridgehead atoms. The molecule has 5 rings (SSSR count). The van der Waals surface area contributed by atoms with Crippen molar-refractivity contribution >= 4 is 34.1 Å². The third kappa shape index (κ3) is 3.30. The van der Waals surface area contributed by atoms with Crippen molar-refractivity contribution in [1.29, 1.82) is 5.26 Å². The molecule has 0 atom stereocenters. The van der Waals surface area contributed by atoms with E-state index in [0.717, 1.165) is 49.9 Å². The van der Waals surface area contributed by atoms with Crippen LogP contribution in [0, 0.1) is 11.3 Å². The van der Waals surface area contributed by atoms with Crippen molar-refractivity contribution in [3.63, 3.8) is 0 Å². The molecule has 0 unspecified atom stereocenters. The van der Waals surface area contributed by atoms with Gasteiger partial charge in [-0.3, -0.25) is 4.79 Å². The molecule has 0 aliphatic carbocycles. The highest BCUT2D eigenvalue weighted by atomic mass is 16.1. The van der Waals surface area contributed by atoms with Gasteiger partial charge in [-0.15, -0.1) is 0 Å². The van der Waals surface area contributed by atoms with Crippen molar-refractivity contribution in [2.75, 3.05) is 7.05 Å². The van der Waals surface area contributed by atoms with Gasteiger partial charge < -0.3 is 15.3 Å². The molecule has 1 aromatic carbocycles. The number of rotatable bonds is 4. The van der Waals surface area contributed by atoms with Crippen LogP contribution in [-0.2, 0) is 4.79 Å². The Hall–Kier alpha value is -4.70. The van der Waals surface area contributed by atoms with Crippen LogP contribution in [-0.4, -0.2) is 32.9 Å². The Kier molecular flexibility index (Phi) is 4.73. The minimum absolute atomic E-state index is 0.0550. The van der Waals surface area contributed by atoms with Crippen LogP contribution < -0.4 is 5.32 Å². The highest BCUT2D eigenvalue weighted by molar-refractivity contribution is 6.04. The molecule has 0 radical (unpaired) electrons. The fourth-order valence-electron chi connectivity index (χ4n) is 3.84. The quantitative estimate of drug-likeness (QED) is 0.296. The van der Waals surface area contributed by atoms with Crippen LogP contribution in [0.1, 0.15) is 5.56 Å². The number of carbonyl (C=O) groups is 1. The topological polar surface area (TPSA) is 110 Å². The fraction of sp³-hybridized carbons (Fsp3) is 0.0400. The van der Waals surface area contributed by atoms with Crippen LogP contribution >= 0.6 is 0 Å². The van der Waals surface area contributed by atoms with E-state index in [9.17, 15) is 10.1 Å². The molecular formula is C25H18N6O. The summed E-state index contributed by atoms with van der Waals surface area (Å²) in [6, 6.07) is 15.7. The van der Waals surface area contributed by atoms with Gasteiger partial charge in [0.25, 0.3) is 5.91 Å². The third-order valence-electron chi connectivity index (χ3n) is 5.40. The third-order valence-corrected chi connectivity index (χ3v) is 5.40. The van der Waals surface area contributed by atoms with Crippen LogP contribution in [0.2, 0.25) is 0 Å². The number of aromatic nitrogens is 4. The monoisotopic (exact) mass is 418 g/mol. The molecule has 0 spiro atoms. The number of amides is 1. The van der Waals surface area contributed by atoms with Gasteiger partial charge in [0.05, 0.1) is 0 Å². The molecule has 7 nitrogen and oxygen atoms in total. The van der Waals surface area contributed by atoms with Crippen LogP contribution in [0.25, 0.3) is 50.4 Å².